The van der Waals surface area contributed by atoms with Gasteiger partial charge >= 0.3 is 6.03 Å². The fourth-order valence-corrected chi connectivity index (χ4v) is 4.02. The maximum atomic E-state index is 13.2. The molecule has 1 heterocycles. The molecule has 0 spiro atoms. The second kappa shape index (κ2) is 9.91. The van der Waals surface area contributed by atoms with Crippen molar-refractivity contribution in [3.63, 3.8) is 0 Å². The van der Waals surface area contributed by atoms with Crippen molar-refractivity contribution in [2.24, 2.45) is 5.92 Å². The first-order chi connectivity index (χ1) is 13.9. The van der Waals surface area contributed by atoms with Crippen LogP contribution in [-0.4, -0.2) is 66.9 Å². The molecule has 2 aliphatic rings. The Labute approximate surface area is 174 Å². The van der Waals surface area contributed by atoms with E-state index in [2.05, 4.69) is 10.6 Å². The third kappa shape index (κ3) is 5.82. The smallest absolute Gasteiger partial charge is 0.315 e. The SMILES string of the molecule is O=C(NCC(=O)N1CCN(C(=O)c2ccc(F)cc2Cl)CC1)NCC1CCCC1. The maximum absolute atomic E-state index is 13.2. The zero-order valence-corrected chi connectivity index (χ0v) is 17.0. The minimum absolute atomic E-state index is 0.0707. The molecule has 1 aliphatic heterocycles. The van der Waals surface area contributed by atoms with Crippen LogP contribution in [0.2, 0.25) is 5.02 Å². The molecule has 0 bridgehead atoms. The van der Waals surface area contributed by atoms with Crippen LogP contribution in [0.4, 0.5) is 9.18 Å². The Kier molecular flexibility index (Phi) is 7.30. The monoisotopic (exact) mass is 424 g/mol. The second-order valence-corrected chi connectivity index (χ2v) is 7.92. The summed E-state index contributed by atoms with van der Waals surface area (Å²) in [6.45, 7) is 2.02. The summed E-state index contributed by atoms with van der Waals surface area (Å²) in [5.74, 6) is -0.433. The third-order valence-electron chi connectivity index (χ3n) is 5.51. The molecule has 1 saturated heterocycles. The van der Waals surface area contributed by atoms with Crippen LogP contribution in [0.1, 0.15) is 36.0 Å². The number of benzene rings is 1. The Morgan fingerprint density at radius 1 is 1.03 bits per heavy atom. The van der Waals surface area contributed by atoms with Crippen LogP contribution >= 0.6 is 11.6 Å². The van der Waals surface area contributed by atoms with E-state index in [1.165, 1.54) is 25.0 Å². The highest BCUT2D eigenvalue weighted by Crippen LogP contribution is 2.23. The number of nitrogens with one attached hydrogen (secondary N) is 2. The molecule has 1 aliphatic carbocycles. The molecule has 0 unspecified atom stereocenters. The summed E-state index contributed by atoms with van der Waals surface area (Å²) in [5.41, 5.74) is 0.244. The summed E-state index contributed by atoms with van der Waals surface area (Å²) < 4.78 is 13.2. The lowest BCUT2D eigenvalue weighted by molar-refractivity contribution is -0.131. The Balaban J connectivity index is 1.39. The molecule has 0 radical (unpaired) electrons. The van der Waals surface area contributed by atoms with Crippen molar-refractivity contribution in [2.75, 3.05) is 39.3 Å². The lowest BCUT2D eigenvalue weighted by Gasteiger charge is -2.35. The van der Waals surface area contributed by atoms with Gasteiger partial charge in [-0.25, -0.2) is 9.18 Å². The first-order valence-electron chi connectivity index (χ1n) is 9.98. The molecule has 4 amide bonds. The Morgan fingerprint density at radius 3 is 2.34 bits per heavy atom. The van der Waals surface area contributed by atoms with Crippen LogP contribution in [-0.2, 0) is 4.79 Å². The average molecular weight is 425 g/mol. The zero-order valence-electron chi connectivity index (χ0n) is 16.3. The molecule has 9 heteroatoms. The number of piperazine rings is 1. The maximum Gasteiger partial charge on any atom is 0.315 e. The molecule has 158 valence electrons. The molecule has 1 aromatic carbocycles. The van der Waals surface area contributed by atoms with Gasteiger partial charge in [-0.3, -0.25) is 9.59 Å². The number of rotatable bonds is 5. The number of carbonyl (C=O) groups excluding carboxylic acids is 3. The van der Waals surface area contributed by atoms with Gasteiger partial charge in [0.15, 0.2) is 0 Å². The summed E-state index contributed by atoms with van der Waals surface area (Å²) in [7, 11) is 0. The highest BCUT2D eigenvalue weighted by atomic mass is 35.5. The van der Waals surface area contributed by atoms with Gasteiger partial charge in [0.1, 0.15) is 5.82 Å². The number of amides is 4. The summed E-state index contributed by atoms with van der Waals surface area (Å²) in [5, 5.41) is 5.49. The minimum Gasteiger partial charge on any atom is -0.338 e. The zero-order chi connectivity index (χ0) is 20.8. The fraction of sp³-hybridized carbons (Fsp3) is 0.550. The first kappa shape index (κ1) is 21.4. The highest BCUT2D eigenvalue weighted by Gasteiger charge is 2.26. The van der Waals surface area contributed by atoms with E-state index in [-0.39, 0.29) is 35.0 Å². The van der Waals surface area contributed by atoms with E-state index in [1.54, 1.807) is 9.80 Å². The predicted molar refractivity (Wildman–Crippen MR) is 107 cm³/mol. The van der Waals surface area contributed by atoms with Crippen LogP contribution in [0.25, 0.3) is 0 Å². The van der Waals surface area contributed by atoms with Gasteiger partial charge in [0.05, 0.1) is 17.1 Å². The molecule has 0 atom stereocenters. The van der Waals surface area contributed by atoms with Crippen molar-refractivity contribution in [3.8, 4) is 0 Å². The van der Waals surface area contributed by atoms with E-state index in [4.69, 9.17) is 11.6 Å². The van der Waals surface area contributed by atoms with Crippen LogP contribution in [0.3, 0.4) is 0 Å². The normalized spacial score (nSPS) is 17.3. The largest absolute Gasteiger partial charge is 0.338 e. The van der Waals surface area contributed by atoms with Crippen LogP contribution in [0, 0.1) is 11.7 Å². The molecule has 2 N–H and O–H groups in total. The van der Waals surface area contributed by atoms with Crippen LogP contribution in [0.15, 0.2) is 18.2 Å². The van der Waals surface area contributed by atoms with Crippen LogP contribution < -0.4 is 10.6 Å². The topological polar surface area (TPSA) is 81.8 Å². The molecule has 1 saturated carbocycles. The molecule has 7 nitrogen and oxygen atoms in total. The summed E-state index contributed by atoms with van der Waals surface area (Å²) in [6.07, 6.45) is 4.72. The number of hydrogen-bond acceptors (Lipinski definition) is 3. The average Bonchev–Trinajstić information content (AvgIpc) is 3.24. The van der Waals surface area contributed by atoms with E-state index in [9.17, 15) is 18.8 Å². The number of urea groups is 1. The minimum atomic E-state index is -0.498. The van der Waals surface area contributed by atoms with Gasteiger partial charge in [-0.1, -0.05) is 24.4 Å². The van der Waals surface area contributed by atoms with Crippen molar-refractivity contribution >= 4 is 29.4 Å². The molecule has 0 aromatic heterocycles. The van der Waals surface area contributed by atoms with Crippen molar-refractivity contribution < 1.29 is 18.8 Å². The number of nitrogens with zero attached hydrogens (tertiary/aromatic N) is 2. The van der Waals surface area contributed by atoms with E-state index in [1.807, 2.05) is 0 Å². The Morgan fingerprint density at radius 2 is 1.69 bits per heavy atom. The molecule has 1 aromatic rings. The lowest BCUT2D eigenvalue weighted by Crippen LogP contribution is -2.53. The van der Waals surface area contributed by atoms with Crippen molar-refractivity contribution in [1.82, 2.24) is 20.4 Å². The lowest BCUT2D eigenvalue weighted by atomic mass is 10.1. The standard InChI is InChI=1S/C20H26ClFN4O3/c21-17-11-15(22)5-6-16(17)19(28)26-9-7-25(8-10-26)18(27)13-24-20(29)23-12-14-3-1-2-4-14/h5-6,11,14H,1-4,7-10,12-13H2,(H2,23,24,29). The first-order valence-corrected chi connectivity index (χ1v) is 10.4. The van der Waals surface area contributed by atoms with Gasteiger partial charge in [0.25, 0.3) is 5.91 Å². The van der Waals surface area contributed by atoms with Gasteiger partial charge in [0.2, 0.25) is 5.91 Å². The van der Waals surface area contributed by atoms with Gasteiger partial charge < -0.3 is 20.4 Å². The van der Waals surface area contributed by atoms with Gasteiger partial charge in [0, 0.05) is 32.7 Å². The number of halogens is 2. The number of carbonyl (C=O) groups is 3. The van der Waals surface area contributed by atoms with Crippen molar-refractivity contribution in [3.05, 3.63) is 34.6 Å². The van der Waals surface area contributed by atoms with E-state index < -0.39 is 5.82 Å². The predicted octanol–water partition coefficient (Wildman–Crippen LogP) is 2.25. The van der Waals surface area contributed by atoms with Crippen molar-refractivity contribution in [2.45, 2.75) is 25.7 Å². The molecule has 29 heavy (non-hydrogen) atoms. The van der Waals surface area contributed by atoms with Crippen LogP contribution in [0.5, 0.6) is 0 Å². The molecule has 2 fully saturated rings. The van der Waals surface area contributed by atoms with E-state index in [0.717, 1.165) is 18.9 Å². The van der Waals surface area contributed by atoms with Crippen molar-refractivity contribution in [1.29, 1.82) is 0 Å². The summed E-state index contributed by atoms with van der Waals surface area (Å²) in [6, 6.07) is 3.34. The summed E-state index contributed by atoms with van der Waals surface area (Å²) >= 11 is 5.96. The van der Waals surface area contributed by atoms with Gasteiger partial charge in [-0.05, 0) is 37.0 Å². The molecule has 3 rings (SSSR count). The fourth-order valence-electron chi connectivity index (χ4n) is 3.77. The second-order valence-electron chi connectivity index (χ2n) is 7.51. The highest BCUT2D eigenvalue weighted by molar-refractivity contribution is 6.33. The quantitative estimate of drug-likeness (QED) is 0.760. The Hall–Kier alpha value is -2.35. The number of hydrogen-bond donors (Lipinski definition) is 2. The van der Waals surface area contributed by atoms with E-state index in [0.29, 0.717) is 38.6 Å². The molecular weight excluding hydrogens is 399 g/mol. The van der Waals surface area contributed by atoms with Gasteiger partial charge in [-0.15, -0.1) is 0 Å². The van der Waals surface area contributed by atoms with E-state index >= 15 is 0 Å². The summed E-state index contributed by atoms with van der Waals surface area (Å²) in [4.78, 5) is 39.9. The third-order valence-corrected chi connectivity index (χ3v) is 5.82. The Bertz CT molecular complexity index is 762. The van der Waals surface area contributed by atoms with Gasteiger partial charge in [-0.2, -0.15) is 0 Å². The molecular formula is C20H26ClFN4O3.